The van der Waals surface area contributed by atoms with Crippen molar-refractivity contribution in [3.8, 4) is 0 Å². The van der Waals surface area contributed by atoms with Gasteiger partial charge in [0.25, 0.3) is 0 Å². The van der Waals surface area contributed by atoms with Gasteiger partial charge >= 0.3 is 5.97 Å². The number of carbonyl (C=O) groups is 1. The minimum absolute atomic E-state index is 0.0961. The molecule has 0 unspecified atom stereocenters. The van der Waals surface area contributed by atoms with Crippen LogP contribution in [0.3, 0.4) is 0 Å². The summed E-state index contributed by atoms with van der Waals surface area (Å²) in [6, 6.07) is 12.7. The Morgan fingerprint density at radius 2 is 1.77 bits per heavy atom. The molecule has 1 heterocycles. The van der Waals surface area contributed by atoms with Gasteiger partial charge in [-0.25, -0.2) is 4.98 Å². The van der Waals surface area contributed by atoms with Crippen LogP contribution in [-0.4, -0.2) is 17.0 Å². The maximum absolute atomic E-state index is 11.8. The predicted molar refractivity (Wildman–Crippen MR) is 86.8 cm³/mol. The lowest BCUT2D eigenvalue weighted by molar-refractivity contribution is -0.145. The molecule has 0 aliphatic rings. The van der Waals surface area contributed by atoms with Crippen LogP contribution in [0.15, 0.2) is 42.5 Å². The molecule has 2 rings (SSSR count). The Morgan fingerprint density at radius 1 is 1.14 bits per heavy atom. The molecule has 0 saturated carbocycles. The topological polar surface area (TPSA) is 65.2 Å². The highest BCUT2D eigenvalue weighted by atomic mass is 35.5. The van der Waals surface area contributed by atoms with Gasteiger partial charge in [-0.1, -0.05) is 53.5 Å². The van der Waals surface area contributed by atoms with Gasteiger partial charge in [0, 0.05) is 6.04 Å². The second-order valence-corrected chi connectivity index (χ2v) is 5.71. The van der Waals surface area contributed by atoms with Gasteiger partial charge in [0.1, 0.15) is 16.9 Å². The van der Waals surface area contributed by atoms with Gasteiger partial charge in [-0.05, 0) is 29.7 Å². The molecule has 22 heavy (non-hydrogen) atoms. The molecule has 0 amide bonds. The Labute approximate surface area is 139 Å². The highest BCUT2D eigenvalue weighted by Crippen LogP contribution is 2.15. The largest absolute Gasteiger partial charge is 0.461 e. The summed E-state index contributed by atoms with van der Waals surface area (Å²) in [5.41, 5.74) is 7.75. The molecule has 116 valence electrons. The number of aromatic nitrogens is 1. The predicted octanol–water partition coefficient (Wildman–Crippen LogP) is 3.39. The van der Waals surface area contributed by atoms with E-state index in [9.17, 15) is 4.79 Å². The molecular weight excluding hydrogens is 323 g/mol. The lowest BCUT2D eigenvalue weighted by Gasteiger charge is -2.11. The quantitative estimate of drug-likeness (QED) is 0.647. The van der Waals surface area contributed by atoms with Gasteiger partial charge in [-0.15, -0.1) is 0 Å². The van der Waals surface area contributed by atoms with Crippen LogP contribution < -0.4 is 5.73 Å². The van der Waals surface area contributed by atoms with Crippen LogP contribution in [0.5, 0.6) is 0 Å². The molecule has 2 aromatic rings. The van der Waals surface area contributed by atoms with Gasteiger partial charge in [-0.2, -0.15) is 0 Å². The number of nitrogens with two attached hydrogens (primary N) is 1. The van der Waals surface area contributed by atoms with Crippen molar-refractivity contribution < 1.29 is 9.53 Å². The summed E-state index contributed by atoms with van der Waals surface area (Å²) in [7, 11) is 0. The number of esters is 1. The molecule has 0 radical (unpaired) electrons. The van der Waals surface area contributed by atoms with E-state index in [1.54, 1.807) is 12.1 Å². The van der Waals surface area contributed by atoms with Crippen molar-refractivity contribution in [3.63, 3.8) is 0 Å². The number of rotatable bonds is 6. The van der Waals surface area contributed by atoms with Crippen LogP contribution in [0.2, 0.25) is 10.3 Å². The lowest BCUT2D eigenvalue weighted by atomic mass is 10.0. The average Bonchev–Trinajstić information content (AvgIpc) is 2.45. The lowest BCUT2D eigenvalue weighted by Crippen LogP contribution is -2.27. The van der Waals surface area contributed by atoms with Crippen LogP contribution in [-0.2, 0) is 22.6 Å². The standard InChI is InChI=1S/C16H16Cl2N2O2/c17-14-7-12(8-15(18)20-14)10-22-16(21)9-13(19)6-11-4-2-1-3-5-11/h1-5,7-8,13H,6,9-10,19H2/t13-/m1/s1. The van der Waals surface area contributed by atoms with Crippen LogP contribution in [0.1, 0.15) is 17.5 Å². The molecule has 4 nitrogen and oxygen atoms in total. The normalized spacial score (nSPS) is 12.0. The zero-order chi connectivity index (χ0) is 15.9. The summed E-state index contributed by atoms with van der Waals surface area (Å²) in [5.74, 6) is -0.354. The summed E-state index contributed by atoms with van der Waals surface area (Å²) in [5, 5.41) is 0.527. The Kier molecular flexibility index (Phi) is 6.19. The molecule has 0 bridgehead atoms. The number of ether oxygens (including phenoxy) is 1. The third kappa shape index (κ3) is 5.64. The molecule has 0 saturated heterocycles. The first-order chi connectivity index (χ1) is 10.5. The molecular formula is C16H16Cl2N2O2. The van der Waals surface area contributed by atoms with Crippen molar-refractivity contribution in [2.45, 2.75) is 25.5 Å². The Balaban J connectivity index is 1.80. The van der Waals surface area contributed by atoms with Crippen molar-refractivity contribution in [3.05, 3.63) is 63.9 Å². The van der Waals surface area contributed by atoms with Crippen LogP contribution in [0, 0.1) is 0 Å². The Hall–Kier alpha value is -1.62. The first-order valence-corrected chi connectivity index (χ1v) is 7.55. The number of benzene rings is 1. The minimum Gasteiger partial charge on any atom is -0.461 e. The SMILES string of the molecule is N[C@@H](CC(=O)OCc1cc(Cl)nc(Cl)c1)Cc1ccccc1. The van der Waals surface area contributed by atoms with Gasteiger partial charge in [0.15, 0.2) is 0 Å². The number of carbonyl (C=O) groups excluding carboxylic acids is 1. The van der Waals surface area contributed by atoms with E-state index in [2.05, 4.69) is 4.98 Å². The molecule has 6 heteroatoms. The van der Waals surface area contributed by atoms with E-state index in [1.165, 1.54) is 0 Å². The van der Waals surface area contributed by atoms with Gasteiger partial charge in [-0.3, -0.25) is 4.79 Å². The van der Waals surface area contributed by atoms with Crippen molar-refractivity contribution in [1.82, 2.24) is 4.98 Å². The summed E-state index contributed by atoms with van der Waals surface area (Å²) in [6.45, 7) is 0.0961. The van der Waals surface area contributed by atoms with Gasteiger partial charge in [0.05, 0.1) is 6.42 Å². The second-order valence-electron chi connectivity index (χ2n) is 4.94. The molecule has 0 spiro atoms. The highest BCUT2D eigenvalue weighted by Gasteiger charge is 2.12. The molecule has 0 fully saturated rings. The maximum Gasteiger partial charge on any atom is 0.307 e. The molecule has 0 aliphatic heterocycles. The first kappa shape index (κ1) is 16.7. The van der Waals surface area contributed by atoms with E-state index in [1.807, 2.05) is 30.3 Å². The van der Waals surface area contributed by atoms with E-state index in [4.69, 9.17) is 33.7 Å². The third-order valence-electron chi connectivity index (χ3n) is 2.99. The van der Waals surface area contributed by atoms with Crippen LogP contribution >= 0.6 is 23.2 Å². The fraction of sp³-hybridized carbons (Fsp3) is 0.250. The minimum atomic E-state index is -0.354. The number of hydrogen-bond donors (Lipinski definition) is 1. The number of pyridine rings is 1. The summed E-state index contributed by atoms with van der Waals surface area (Å²) >= 11 is 11.6. The molecule has 1 atom stereocenters. The average molecular weight is 339 g/mol. The van der Waals surface area contributed by atoms with E-state index in [0.717, 1.165) is 5.56 Å². The van der Waals surface area contributed by atoms with E-state index in [0.29, 0.717) is 12.0 Å². The summed E-state index contributed by atoms with van der Waals surface area (Å²) in [6.07, 6.45) is 0.782. The molecule has 0 aliphatic carbocycles. The van der Waals surface area contributed by atoms with E-state index in [-0.39, 0.29) is 35.3 Å². The fourth-order valence-corrected chi connectivity index (χ4v) is 2.53. The van der Waals surface area contributed by atoms with E-state index < -0.39 is 0 Å². The van der Waals surface area contributed by atoms with Gasteiger partial charge in [0.2, 0.25) is 0 Å². The van der Waals surface area contributed by atoms with Crippen LogP contribution in [0.4, 0.5) is 0 Å². The smallest absolute Gasteiger partial charge is 0.307 e. The second kappa shape index (κ2) is 8.13. The monoisotopic (exact) mass is 338 g/mol. The van der Waals surface area contributed by atoms with Crippen molar-refractivity contribution in [2.24, 2.45) is 5.73 Å². The van der Waals surface area contributed by atoms with Gasteiger partial charge < -0.3 is 10.5 Å². The first-order valence-electron chi connectivity index (χ1n) is 6.80. The van der Waals surface area contributed by atoms with Crippen LogP contribution in [0.25, 0.3) is 0 Å². The zero-order valence-corrected chi connectivity index (χ0v) is 13.3. The van der Waals surface area contributed by atoms with Crippen molar-refractivity contribution in [1.29, 1.82) is 0 Å². The van der Waals surface area contributed by atoms with E-state index >= 15 is 0 Å². The Bertz CT molecular complexity index is 615. The fourth-order valence-electron chi connectivity index (χ4n) is 2.02. The number of hydrogen-bond acceptors (Lipinski definition) is 4. The van der Waals surface area contributed by atoms with Crippen molar-refractivity contribution in [2.75, 3.05) is 0 Å². The molecule has 2 N–H and O–H groups in total. The summed E-state index contributed by atoms with van der Waals surface area (Å²) < 4.78 is 5.18. The zero-order valence-electron chi connectivity index (χ0n) is 11.8. The number of nitrogens with zero attached hydrogens (tertiary/aromatic N) is 1. The number of halogens is 2. The maximum atomic E-state index is 11.8. The van der Waals surface area contributed by atoms with Crippen molar-refractivity contribution >= 4 is 29.2 Å². The highest BCUT2D eigenvalue weighted by molar-refractivity contribution is 6.32. The Morgan fingerprint density at radius 3 is 2.41 bits per heavy atom. The third-order valence-corrected chi connectivity index (χ3v) is 3.38. The summed E-state index contributed by atoms with van der Waals surface area (Å²) in [4.78, 5) is 15.6. The molecule has 1 aromatic heterocycles. The molecule has 1 aromatic carbocycles.